The quantitative estimate of drug-likeness (QED) is 0.798. The average Bonchev–Trinajstić information content (AvgIpc) is 2.30. The predicted octanol–water partition coefficient (Wildman–Crippen LogP) is 2.04. The largest absolute Gasteiger partial charge is 0.371 e. The number of carbonyl (C=O) groups is 1. The van der Waals surface area contributed by atoms with Crippen molar-refractivity contribution >= 4 is 11.6 Å². The van der Waals surface area contributed by atoms with Crippen molar-refractivity contribution in [3.05, 3.63) is 29.6 Å². The summed E-state index contributed by atoms with van der Waals surface area (Å²) in [5.74, 6) is -4.51. The Hall–Kier alpha value is -1.72. The molecule has 2 N–H and O–H groups in total. The maximum absolute atomic E-state index is 13.3. The van der Waals surface area contributed by atoms with Crippen LogP contribution in [0.3, 0.4) is 0 Å². The minimum absolute atomic E-state index is 0.248. The number of likely N-dealkylation sites (N-methyl/N-ethyl adjacent to an activating group) is 1. The Morgan fingerprint density at radius 1 is 1.29 bits per heavy atom. The zero-order valence-corrected chi connectivity index (χ0v) is 9.48. The maximum atomic E-state index is 13.3. The van der Waals surface area contributed by atoms with Crippen LogP contribution in [-0.2, 0) is 4.79 Å². The van der Waals surface area contributed by atoms with Gasteiger partial charge in [0.15, 0.2) is 17.5 Å². The molecule has 1 aromatic rings. The molecule has 0 heterocycles. The molecule has 1 amide bonds. The molecule has 94 valence electrons. The van der Waals surface area contributed by atoms with Crippen molar-refractivity contribution in [2.45, 2.75) is 19.9 Å². The summed E-state index contributed by atoms with van der Waals surface area (Å²) in [6, 6.07) is 1.10. The number of rotatable bonds is 4. The second kappa shape index (κ2) is 5.56. The first-order valence-corrected chi connectivity index (χ1v) is 5.15. The maximum Gasteiger partial charge on any atom is 0.242 e. The van der Waals surface area contributed by atoms with Crippen LogP contribution in [0.15, 0.2) is 12.1 Å². The van der Waals surface area contributed by atoms with Crippen LogP contribution in [0.4, 0.5) is 18.9 Å². The molecule has 0 saturated carbocycles. The van der Waals surface area contributed by atoms with Gasteiger partial charge in [0.1, 0.15) is 6.04 Å². The van der Waals surface area contributed by atoms with Crippen LogP contribution >= 0.6 is 0 Å². The van der Waals surface area contributed by atoms with Crippen LogP contribution in [0, 0.1) is 17.5 Å². The van der Waals surface area contributed by atoms with E-state index < -0.39 is 23.5 Å². The van der Waals surface area contributed by atoms with Crippen LogP contribution < -0.4 is 10.6 Å². The van der Waals surface area contributed by atoms with Crippen molar-refractivity contribution in [3.8, 4) is 0 Å². The molecule has 0 aliphatic rings. The normalized spacial score (nSPS) is 12.1. The highest BCUT2D eigenvalue weighted by atomic mass is 19.2. The minimum atomic E-state index is -1.56. The number of carbonyl (C=O) groups excluding carboxylic acids is 1. The van der Waals surface area contributed by atoms with Gasteiger partial charge < -0.3 is 10.6 Å². The van der Waals surface area contributed by atoms with E-state index in [4.69, 9.17) is 0 Å². The first kappa shape index (κ1) is 13.3. The fourth-order valence-electron chi connectivity index (χ4n) is 1.26. The zero-order valence-electron chi connectivity index (χ0n) is 9.48. The molecular formula is C11H13F3N2O. The van der Waals surface area contributed by atoms with Gasteiger partial charge in [0.2, 0.25) is 5.91 Å². The van der Waals surface area contributed by atoms with Crippen molar-refractivity contribution < 1.29 is 18.0 Å². The lowest BCUT2D eigenvalue weighted by Gasteiger charge is -2.15. The second-order valence-corrected chi connectivity index (χ2v) is 3.48. The van der Waals surface area contributed by atoms with E-state index in [1.807, 2.05) is 0 Å². The van der Waals surface area contributed by atoms with Crippen molar-refractivity contribution in [1.82, 2.24) is 5.32 Å². The fraction of sp³-hybridized carbons (Fsp3) is 0.364. The SMILES string of the molecule is CCNC(=O)C(C)Nc1ccc(F)c(F)c1F. The lowest BCUT2D eigenvalue weighted by atomic mass is 10.2. The van der Waals surface area contributed by atoms with Gasteiger partial charge in [-0.3, -0.25) is 4.79 Å². The topological polar surface area (TPSA) is 41.1 Å². The molecule has 0 aliphatic heterocycles. The Morgan fingerprint density at radius 3 is 2.53 bits per heavy atom. The van der Waals surface area contributed by atoms with E-state index in [9.17, 15) is 18.0 Å². The van der Waals surface area contributed by atoms with Crippen LogP contribution in [0.1, 0.15) is 13.8 Å². The highest BCUT2D eigenvalue weighted by Gasteiger charge is 2.17. The standard InChI is InChI=1S/C11H13F3N2O/c1-3-15-11(17)6(2)16-8-5-4-7(12)9(13)10(8)14/h4-6,16H,3H2,1-2H3,(H,15,17). The molecule has 6 heteroatoms. The Labute approximate surface area is 97.0 Å². The number of halogens is 3. The minimum Gasteiger partial charge on any atom is -0.371 e. The van der Waals surface area contributed by atoms with Gasteiger partial charge in [-0.25, -0.2) is 13.2 Å². The van der Waals surface area contributed by atoms with E-state index in [1.165, 1.54) is 6.92 Å². The highest BCUT2D eigenvalue weighted by Crippen LogP contribution is 2.20. The van der Waals surface area contributed by atoms with Gasteiger partial charge in [0.05, 0.1) is 5.69 Å². The van der Waals surface area contributed by atoms with Crippen molar-refractivity contribution in [2.24, 2.45) is 0 Å². The zero-order chi connectivity index (χ0) is 13.0. The lowest BCUT2D eigenvalue weighted by Crippen LogP contribution is -2.37. The molecular weight excluding hydrogens is 233 g/mol. The summed E-state index contributed by atoms with van der Waals surface area (Å²) >= 11 is 0. The third-order valence-electron chi connectivity index (χ3n) is 2.15. The van der Waals surface area contributed by atoms with Gasteiger partial charge in [0.25, 0.3) is 0 Å². The number of anilines is 1. The molecule has 1 aromatic carbocycles. The lowest BCUT2D eigenvalue weighted by molar-refractivity contribution is -0.121. The molecule has 1 atom stereocenters. The first-order valence-electron chi connectivity index (χ1n) is 5.15. The number of nitrogens with one attached hydrogen (secondary N) is 2. The van der Waals surface area contributed by atoms with Gasteiger partial charge in [-0.15, -0.1) is 0 Å². The van der Waals surface area contributed by atoms with E-state index in [0.717, 1.165) is 12.1 Å². The van der Waals surface area contributed by atoms with E-state index in [1.54, 1.807) is 6.92 Å². The highest BCUT2D eigenvalue weighted by molar-refractivity contribution is 5.84. The second-order valence-electron chi connectivity index (χ2n) is 3.48. The number of hydrogen-bond donors (Lipinski definition) is 2. The summed E-state index contributed by atoms with van der Waals surface area (Å²) in [6.07, 6.45) is 0. The van der Waals surface area contributed by atoms with Crippen LogP contribution in [0.5, 0.6) is 0 Å². The number of benzene rings is 1. The van der Waals surface area contributed by atoms with Crippen molar-refractivity contribution in [2.75, 3.05) is 11.9 Å². The fourth-order valence-corrected chi connectivity index (χ4v) is 1.26. The third-order valence-corrected chi connectivity index (χ3v) is 2.15. The molecule has 1 unspecified atom stereocenters. The van der Waals surface area contributed by atoms with Gasteiger partial charge in [0, 0.05) is 6.54 Å². The summed E-state index contributed by atoms with van der Waals surface area (Å²) in [5, 5.41) is 4.99. The van der Waals surface area contributed by atoms with Crippen molar-refractivity contribution in [1.29, 1.82) is 0 Å². The van der Waals surface area contributed by atoms with E-state index >= 15 is 0 Å². The molecule has 0 radical (unpaired) electrons. The molecule has 1 rings (SSSR count). The molecule has 3 nitrogen and oxygen atoms in total. The Kier molecular flexibility index (Phi) is 4.37. The van der Waals surface area contributed by atoms with Gasteiger partial charge >= 0.3 is 0 Å². The summed E-state index contributed by atoms with van der Waals surface area (Å²) < 4.78 is 38.8. The van der Waals surface area contributed by atoms with Crippen LogP contribution in [0.25, 0.3) is 0 Å². The molecule has 0 aromatic heterocycles. The van der Waals surface area contributed by atoms with Gasteiger partial charge in [-0.05, 0) is 26.0 Å². The monoisotopic (exact) mass is 246 g/mol. The Morgan fingerprint density at radius 2 is 1.94 bits per heavy atom. The van der Waals surface area contributed by atoms with E-state index in [-0.39, 0.29) is 11.6 Å². The van der Waals surface area contributed by atoms with Crippen molar-refractivity contribution in [3.63, 3.8) is 0 Å². The molecule has 0 aliphatic carbocycles. The first-order chi connectivity index (χ1) is 7.97. The Balaban J connectivity index is 2.82. The number of amides is 1. The third kappa shape index (κ3) is 3.12. The smallest absolute Gasteiger partial charge is 0.242 e. The summed E-state index contributed by atoms with van der Waals surface area (Å²) in [6.45, 7) is 3.67. The molecule has 0 fully saturated rings. The van der Waals surface area contributed by atoms with Crippen LogP contribution in [0.2, 0.25) is 0 Å². The van der Waals surface area contributed by atoms with Gasteiger partial charge in [-0.1, -0.05) is 0 Å². The molecule has 17 heavy (non-hydrogen) atoms. The average molecular weight is 246 g/mol. The van der Waals surface area contributed by atoms with E-state index in [0.29, 0.717) is 6.54 Å². The summed E-state index contributed by atoms with van der Waals surface area (Å²) in [4.78, 5) is 11.3. The number of hydrogen-bond acceptors (Lipinski definition) is 2. The van der Waals surface area contributed by atoms with Crippen LogP contribution in [-0.4, -0.2) is 18.5 Å². The summed E-state index contributed by atoms with van der Waals surface area (Å²) in [7, 11) is 0. The Bertz CT molecular complexity index is 423. The molecule has 0 bridgehead atoms. The predicted molar refractivity (Wildman–Crippen MR) is 58.1 cm³/mol. The molecule has 0 saturated heterocycles. The molecule has 0 spiro atoms. The van der Waals surface area contributed by atoms with E-state index in [2.05, 4.69) is 10.6 Å². The summed E-state index contributed by atoms with van der Waals surface area (Å²) in [5.41, 5.74) is -0.248. The van der Waals surface area contributed by atoms with Gasteiger partial charge in [-0.2, -0.15) is 0 Å².